The van der Waals surface area contributed by atoms with Gasteiger partial charge in [0, 0.05) is 19.1 Å². The largest absolute Gasteiger partial charge is 0.471 e. The Bertz CT molecular complexity index is 219. The molecule has 1 heterocycles. The summed E-state index contributed by atoms with van der Waals surface area (Å²) in [6.07, 6.45) is -4.11. The van der Waals surface area contributed by atoms with Gasteiger partial charge in [-0.25, -0.2) is 0 Å². The molecule has 0 aliphatic carbocycles. The molecule has 0 bridgehead atoms. The van der Waals surface area contributed by atoms with Crippen LogP contribution < -0.4 is 5.73 Å². The van der Waals surface area contributed by atoms with E-state index in [0.717, 1.165) is 4.90 Å². The highest BCUT2D eigenvalue weighted by molar-refractivity contribution is 5.82. The zero-order chi connectivity index (χ0) is 10.9. The standard InChI is InChI=1S/C8H13F3N2O/c1-5-2-6(12)4-13(3-5)7(14)8(9,10)11/h5-6H,2-4,12H2,1H3. The number of nitrogens with zero attached hydrogens (tertiary/aromatic N) is 1. The van der Waals surface area contributed by atoms with Gasteiger partial charge in [0.15, 0.2) is 0 Å². The summed E-state index contributed by atoms with van der Waals surface area (Å²) < 4.78 is 36.2. The number of piperidine rings is 1. The number of amides is 1. The van der Waals surface area contributed by atoms with Crippen molar-refractivity contribution >= 4 is 5.91 Å². The first-order chi connectivity index (χ1) is 6.30. The highest BCUT2D eigenvalue weighted by Gasteiger charge is 2.44. The van der Waals surface area contributed by atoms with E-state index < -0.39 is 12.1 Å². The number of likely N-dealkylation sites (tertiary alicyclic amines) is 1. The summed E-state index contributed by atoms with van der Waals surface area (Å²) in [6, 6.07) is -0.343. The Morgan fingerprint density at radius 3 is 2.43 bits per heavy atom. The van der Waals surface area contributed by atoms with Crippen LogP contribution in [-0.4, -0.2) is 36.1 Å². The van der Waals surface area contributed by atoms with Crippen molar-refractivity contribution in [2.75, 3.05) is 13.1 Å². The van der Waals surface area contributed by atoms with Gasteiger partial charge in [0.25, 0.3) is 0 Å². The second-order valence-electron chi connectivity index (χ2n) is 3.81. The lowest BCUT2D eigenvalue weighted by Gasteiger charge is -2.34. The second kappa shape index (κ2) is 3.76. The summed E-state index contributed by atoms with van der Waals surface area (Å²) >= 11 is 0. The normalized spacial score (nSPS) is 29.1. The number of carbonyl (C=O) groups excluding carboxylic acids is 1. The summed E-state index contributed by atoms with van der Waals surface area (Å²) in [5.74, 6) is -1.75. The first-order valence-electron chi connectivity index (χ1n) is 4.42. The molecule has 1 amide bonds. The number of hydrogen-bond acceptors (Lipinski definition) is 2. The van der Waals surface area contributed by atoms with Crippen LogP contribution in [0.5, 0.6) is 0 Å². The molecule has 0 aromatic heterocycles. The monoisotopic (exact) mass is 210 g/mol. The molecule has 1 aliphatic rings. The highest BCUT2D eigenvalue weighted by Crippen LogP contribution is 2.22. The molecule has 2 atom stereocenters. The molecule has 2 unspecified atom stereocenters. The maximum atomic E-state index is 12.1. The first-order valence-corrected chi connectivity index (χ1v) is 4.42. The molecule has 82 valence electrons. The Morgan fingerprint density at radius 1 is 1.43 bits per heavy atom. The van der Waals surface area contributed by atoms with Crippen molar-refractivity contribution in [3.8, 4) is 0 Å². The van der Waals surface area contributed by atoms with Gasteiger partial charge in [-0.1, -0.05) is 6.92 Å². The minimum Gasteiger partial charge on any atom is -0.333 e. The summed E-state index contributed by atoms with van der Waals surface area (Å²) in [5.41, 5.74) is 5.54. The fraction of sp³-hybridized carbons (Fsp3) is 0.875. The van der Waals surface area contributed by atoms with Crippen LogP contribution in [-0.2, 0) is 4.79 Å². The summed E-state index contributed by atoms with van der Waals surface area (Å²) in [7, 11) is 0. The molecule has 14 heavy (non-hydrogen) atoms. The number of nitrogens with two attached hydrogens (primary N) is 1. The lowest BCUT2D eigenvalue weighted by atomic mass is 9.96. The molecule has 0 aromatic carbocycles. The van der Waals surface area contributed by atoms with Crippen molar-refractivity contribution in [2.24, 2.45) is 11.7 Å². The van der Waals surface area contributed by atoms with Gasteiger partial charge < -0.3 is 10.6 Å². The fourth-order valence-corrected chi connectivity index (χ4v) is 1.74. The number of alkyl halides is 3. The molecular weight excluding hydrogens is 197 g/mol. The third-order valence-electron chi connectivity index (χ3n) is 2.22. The average Bonchev–Trinajstić information content (AvgIpc) is 1.99. The van der Waals surface area contributed by atoms with E-state index in [0.29, 0.717) is 6.42 Å². The van der Waals surface area contributed by atoms with Crippen LogP contribution in [0.25, 0.3) is 0 Å². The zero-order valence-electron chi connectivity index (χ0n) is 7.84. The van der Waals surface area contributed by atoms with E-state index >= 15 is 0 Å². The molecule has 3 nitrogen and oxygen atoms in total. The molecule has 1 rings (SSSR count). The van der Waals surface area contributed by atoms with Gasteiger partial charge in [0.05, 0.1) is 0 Å². The lowest BCUT2D eigenvalue weighted by Crippen LogP contribution is -2.52. The topological polar surface area (TPSA) is 46.3 Å². The van der Waals surface area contributed by atoms with Crippen LogP contribution in [0.2, 0.25) is 0 Å². The molecule has 0 radical (unpaired) electrons. The minimum absolute atomic E-state index is 0.00266. The van der Waals surface area contributed by atoms with Crippen molar-refractivity contribution < 1.29 is 18.0 Å². The molecular formula is C8H13F3N2O. The van der Waals surface area contributed by atoms with E-state index in [-0.39, 0.29) is 25.0 Å². The van der Waals surface area contributed by atoms with Crippen LogP contribution >= 0.6 is 0 Å². The van der Waals surface area contributed by atoms with Crippen molar-refractivity contribution in [1.82, 2.24) is 4.90 Å². The number of halogens is 3. The Hall–Kier alpha value is -0.780. The van der Waals surface area contributed by atoms with E-state index in [2.05, 4.69) is 0 Å². The maximum Gasteiger partial charge on any atom is 0.471 e. The lowest BCUT2D eigenvalue weighted by molar-refractivity contribution is -0.187. The molecule has 6 heteroatoms. The van der Waals surface area contributed by atoms with E-state index in [1.807, 2.05) is 0 Å². The molecule has 0 saturated carbocycles. The smallest absolute Gasteiger partial charge is 0.333 e. The predicted molar refractivity (Wildman–Crippen MR) is 44.4 cm³/mol. The fourth-order valence-electron chi connectivity index (χ4n) is 1.74. The third kappa shape index (κ3) is 2.60. The van der Waals surface area contributed by atoms with Crippen molar-refractivity contribution in [3.63, 3.8) is 0 Å². The molecule has 0 spiro atoms. The zero-order valence-corrected chi connectivity index (χ0v) is 7.84. The van der Waals surface area contributed by atoms with Gasteiger partial charge in [-0.3, -0.25) is 4.79 Å². The van der Waals surface area contributed by atoms with Crippen LogP contribution in [0.3, 0.4) is 0 Å². The number of carbonyl (C=O) groups is 1. The molecule has 1 saturated heterocycles. The molecule has 2 N–H and O–H groups in total. The summed E-state index contributed by atoms with van der Waals surface area (Å²) in [6.45, 7) is 1.93. The van der Waals surface area contributed by atoms with Crippen LogP contribution in [0.15, 0.2) is 0 Å². The van der Waals surface area contributed by atoms with Gasteiger partial charge in [0.2, 0.25) is 0 Å². The van der Waals surface area contributed by atoms with Crippen molar-refractivity contribution in [2.45, 2.75) is 25.6 Å². The van der Waals surface area contributed by atoms with Crippen molar-refractivity contribution in [1.29, 1.82) is 0 Å². The van der Waals surface area contributed by atoms with Crippen LogP contribution in [0.4, 0.5) is 13.2 Å². The summed E-state index contributed by atoms with van der Waals surface area (Å²) in [4.78, 5) is 11.6. The molecule has 0 aromatic rings. The Balaban J connectivity index is 2.64. The van der Waals surface area contributed by atoms with Gasteiger partial charge >= 0.3 is 12.1 Å². The van der Waals surface area contributed by atoms with E-state index in [1.165, 1.54) is 0 Å². The van der Waals surface area contributed by atoms with E-state index in [9.17, 15) is 18.0 Å². The SMILES string of the molecule is CC1CC(N)CN(C(=O)C(F)(F)F)C1. The van der Waals surface area contributed by atoms with Crippen LogP contribution in [0.1, 0.15) is 13.3 Å². The Morgan fingerprint density at radius 2 is 2.00 bits per heavy atom. The van der Waals surface area contributed by atoms with Gasteiger partial charge in [-0.05, 0) is 12.3 Å². The quantitative estimate of drug-likeness (QED) is 0.641. The third-order valence-corrected chi connectivity index (χ3v) is 2.22. The van der Waals surface area contributed by atoms with Crippen molar-refractivity contribution in [3.05, 3.63) is 0 Å². The van der Waals surface area contributed by atoms with Crippen LogP contribution in [0, 0.1) is 5.92 Å². The number of hydrogen-bond donors (Lipinski definition) is 1. The average molecular weight is 210 g/mol. The maximum absolute atomic E-state index is 12.1. The molecule has 1 aliphatic heterocycles. The highest BCUT2D eigenvalue weighted by atomic mass is 19.4. The van der Waals surface area contributed by atoms with Gasteiger partial charge in [-0.15, -0.1) is 0 Å². The van der Waals surface area contributed by atoms with Gasteiger partial charge in [-0.2, -0.15) is 13.2 Å². The second-order valence-corrected chi connectivity index (χ2v) is 3.81. The minimum atomic E-state index is -4.78. The first kappa shape index (κ1) is 11.3. The van der Waals surface area contributed by atoms with E-state index in [4.69, 9.17) is 5.73 Å². The van der Waals surface area contributed by atoms with Gasteiger partial charge in [0.1, 0.15) is 0 Å². The number of rotatable bonds is 0. The Kier molecular flexibility index (Phi) is 3.04. The van der Waals surface area contributed by atoms with E-state index in [1.54, 1.807) is 6.92 Å². The summed E-state index contributed by atoms with van der Waals surface area (Å²) in [5, 5.41) is 0. The Labute approximate surface area is 80.0 Å². The predicted octanol–water partition coefficient (Wildman–Crippen LogP) is 0.744. The molecule has 1 fully saturated rings.